The molecule has 0 heterocycles. The molecule has 0 N–H and O–H groups in total. The van der Waals surface area contributed by atoms with Crippen molar-refractivity contribution in [3.8, 4) is 5.75 Å². The predicted octanol–water partition coefficient (Wildman–Crippen LogP) is 5.47. The molecule has 3 nitrogen and oxygen atoms in total. The molecule has 0 aliphatic rings. The van der Waals surface area contributed by atoms with Crippen LogP contribution in [0.1, 0.15) is 30.0 Å². The first kappa shape index (κ1) is 19.9. The average molecular weight is 392 g/mol. The molecule has 0 amide bonds. The summed E-state index contributed by atoms with van der Waals surface area (Å²) < 4.78 is 28.9. The summed E-state index contributed by atoms with van der Waals surface area (Å²) in [6, 6.07) is 25.4. The van der Waals surface area contributed by atoms with E-state index in [1.165, 1.54) is 6.26 Å². The summed E-state index contributed by atoms with van der Waals surface area (Å²) in [6.45, 7) is 2.12. The SMILES string of the molecule is CC/C(=C(\c1ccccc1)c1ccc(O[11CH3])cc1)c1ccc(S(C)(=O)=O)cc1. The highest BCUT2D eigenvalue weighted by Crippen LogP contribution is 2.35. The molecule has 0 aliphatic carbocycles. The van der Waals surface area contributed by atoms with Crippen LogP contribution in [0, 0.1) is 0 Å². The summed E-state index contributed by atoms with van der Waals surface area (Å²) in [6.07, 6.45) is 2.04. The molecule has 0 radical (unpaired) electrons. The standard InChI is InChI=1S/C24H24O3S/c1-4-23(18-12-16-22(17-13-18)28(3,25)26)24(19-8-6-5-7-9-19)20-10-14-21(27-2)15-11-20/h5-17H,4H2,1-3H3/b24-23-/i2-1. The zero-order chi connectivity index (χ0) is 20.1. The molecule has 4 heteroatoms. The number of rotatable bonds is 6. The van der Waals surface area contributed by atoms with Crippen LogP contribution >= 0.6 is 0 Å². The molecule has 0 unspecified atom stereocenters. The van der Waals surface area contributed by atoms with E-state index in [1.807, 2.05) is 42.5 Å². The average Bonchev–Trinajstić information content (AvgIpc) is 2.72. The molecule has 0 fully saturated rings. The summed E-state index contributed by atoms with van der Waals surface area (Å²) in [5.41, 5.74) is 5.53. The van der Waals surface area contributed by atoms with Crippen LogP contribution in [-0.4, -0.2) is 21.8 Å². The molecule has 0 spiro atoms. The first-order chi connectivity index (χ1) is 13.4. The summed E-state index contributed by atoms with van der Waals surface area (Å²) in [5.74, 6) is 0.812. The first-order valence-electron chi connectivity index (χ1n) is 9.17. The lowest BCUT2D eigenvalue weighted by atomic mass is 9.88. The number of benzene rings is 3. The molecule has 3 rings (SSSR count). The van der Waals surface area contributed by atoms with E-state index in [0.29, 0.717) is 4.90 Å². The Morgan fingerprint density at radius 2 is 1.32 bits per heavy atom. The summed E-state index contributed by atoms with van der Waals surface area (Å²) in [5, 5.41) is 0. The molecular weight excluding hydrogens is 367 g/mol. The van der Waals surface area contributed by atoms with Crippen molar-refractivity contribution in [1.82, 2.24) is 0 Å². The number of methoxy groups -OCH3 is 1. The smallest absolute Gasteiger partial charge is 0.175 e. The zero-order valence-electron chi connectivity index (χ0n) is 16.3. The quantitative estimate of drug-likeness (QED) is 0.524. The van der Waals surface area contributed by atoms with Crippen molar-refractivity contribution in [2.45, 2.75) is 18.2 Å². The zero-order valence-corrected chi connectivity index (χ0v) is 17.2. The van der Waals surface area contributed by atoms with E-state index in [0.717, 1.165) is 40.0 Å². The highest BCUT2D eigenvalue weighted by Gasteiger charge is 2.14. The van der Waals surface area contributed by atoms with Crippen molar-refractivity contribution in [3.63, 3.8) is 0 Å². The van der Waals surface area contributed by atoms with Crippen molar-refractivity contribution in [1.29, 1.82) is 0 Å². The topological polar surface area (TPSA) is 43.4 Å². The van der Waals surface area contributed by atoms with Crippen LogP contribution in [0.4, 0.5) is 0 Å². The number of hydrogen-bond acceptors (Lipinski definition) is 3. The summed E-state index contributed by atoms with van der Waals surface area (Å²) in [7, 11) is -1.56. The van der Waals surface area contributed by atoms with E-state index in [1.54, 1.807) is 19.2 Å². The van der Waals surface area contributed by atoms with E-state index < -0.39 is 9.84 Å². The Kier molecular flexibility index (Phi) is 6.00. The van der Waals surface area contributed by atoms with Crippen molar-refractivity contribution >= 4 is 21.0 Å². The van der Waals surface area contributed by atoms with Crippen LogP contribution in [0.3, 0.4) is 0 Å². The number of allylic oxidation sites excluding steroid dienone is 1. The Morgan fingerprint density at radius 1 is 0.786 bits per heavy atom. The van der Waals surface area contributed by atoms with Gasteiger partial charge in [-0.25, -0.2) is 8.42 Å². The third kappa shape index (κ3) is 4.34. The maximum Gasteiger partial charge on any atom is 0.175 e. The van der Waals surface area contributed by atoms with Crippen LogP contribution in [0.5, 0.6) is 5.75 Å². The second-order valence-corrected chi connectivity index (χ2v) is 8.61. The Morgan fingerprint density at radius 3 is 1.82 bits per heavy atom. The lowest BCUT2D eigenvalue weighted by Crippen LogP contribution is -1.98. The monoisotopic (exact) mass is 391 g/mol. The Hall–Kier alpha value is -2.85. The first-order valence-corrected chi connectivity index (χ1v) is 11.1. The highest BCUT2D eigenvalue weighted by molar-refractivity contribution is 7.90. The number of sulfone groups is 1. The molecule has 144 valence electrons. The van der Waals surface area contributed by atoms with Gasteiger partial charge in [0.25, 0.3) is 0 Å². The molecule has 0 atom stereocenters. The van der Waals surface area contributed by atoms with Gasteiger partial charge >= 0.3 is 0 Å². The third-order valence-electron chi connectivity index (χ3n) is 4.73. The van der Waals surface area contributed by atoms with E-state index in [2.05, 4.69) is 31.2 Å². The molecule has 28 heavy (non-hydrogen) atoms. The fourth-order valence-electron chi connectivity index (χ4n) is 3.31. The van der Waals surface area contributed by atoms with Crippen molar-refractivity contribution in [2.24, 2.45) is 0 Å². The normalized spacial score (nSPS) is 12.4. The van der Waals surface area contributed by atoms with Crippen LogP contribution in [-0.2, 0) is 9.84 Å². The van der Waals surface area contributed by atoms with Gasteiger partial charge < -0.3 is 4.74 Å². The number of ether oxygens (including phenoxy) is 1. The number of hydrogen-bond donors (Lipinski definition) is 0. The maximum absolute atomic E-state index is 11.8. The predicted molar refractivity (Wildman–Crippen MR) is 115 cm³/mol. The van der Waals surface area contributed by atoms with Gasteiger partial charge in [-0.1, -0.05) is 61.5 Å². The molecule has 0 aliphatic heterocycles. The van der Waals surface area contributed by atoms with E-state index in [9.17, 15) is 8.42 Å². The largest absolute Gasteiger partial charge is 0.497 e. The maximum atomic E-state index is 11.8. The molecule has 3 aromatic rings. The van der Waals surface area contributed by atoms with Crippen LogP contribution in [0.2, 0.25) is 0 Å². The van der Waals surface area contributed by atoms with Crippen LogP contribution < -0.4 is 4.74 Å². The van der Waals surface area contributed by atoms with Gasteiger partial charge in [0.05, 0.1) is 12.0 Å². The van der Waals surface area contributed by atoms with E-state index in [-0.39, 0.29) is 0 Å². The van der Waals surface area contributed by atoms with Crippen molar-refractivity contribution in [3.05, 3.63) is 95.6 Å². The second kappa shape index (κ2) is 8.44. The minimum atomic E-state index is -3.21. The van der Waals surface area contributed by atoms with Gasteiger partial charge in [0.1, 0.15) is 5.75 Å². The van der Waals surface area contributed by atoms with Crippen molar-refractivity contribution < 1.29 is 13.2 Å². The molecule has 0 saturated carbocycles. The Balaban J connectivity index is 2.21. The second-order valence-electron chi connectivity index (χ2n) is 6.60. The Labute approximate surface area is 167 Å². The van der Waals surface area contributed by atoms with Gasteiger partial charge in [0.15, 0.2) is 9.84 Å². The van der Waals surface area contributed by atoms with Gasteiger partial charge in [-0.3, -0.25) is 0 Å². The lowest BCUT2D eigenvalue weighted by molar-refractivity contribution is 0.415. The molecule has 0 aromatic heterocycles. The van der Waals surface area contributed by atoms with Crippen LogP contribution in [0.25, 0.3) is 11.1 Å². The van der Waals surface area contributed by atoms with Gasteiger partial charge in [0.2, 0.25) is 0 Å². The van der Waals surface area contributed by atoms with Gasteiger partial charge in [-0.15, -0.1) is 0 Å². The van der Waals surface area contributed by atoms with Gasteiger partial charge in [-0.2, -0.15) is 0 Å². The van der Waals surface area contributed by atoms with Gasteiger partial charge in [-0.05, 0) is 58.5 Å². The highest BCUT2D eigenvalue weighted by atomic mass is 32.2. The minimum absolute atomic E-state index is 0.331. The summed E-state index contributed by atoms with van der Waals surface area (Å²) >= 11 is 0. The molecule has 0 saturated heterocycles. The molecular formula is C24H24O3S. The van der Waals surface area contributed by atoms with Crippen molar-refractivity contribution in [2.75, 3.05) is 13.4 Å². The Bertz CT molecular complexity index is 1060. The summed E-state index contributed by atoms with van der Waals surface area (Å²) in [4.78, 5) is 0.331. The minimum Gasteiger partial charge on any atom is -0.497 e. The fraction of sp³-hybridized carbons (Fsp3) is 0.167. The van der Waals surface area contributed by atoms with E-state index >= 15 is 0 Å². The molecule has 3 aromatic carbocycles. The molecule has 0 bridgehead atoms. The third-order valence-corrected chi connectivity index (χ3v) is 5.86. The van der Waals surface area contributed by atoms with E-state index in [4.69, 9.17) is 4.74 Å². The lowest BCUT2D eigenvalue weighted by Gasteiger charge is -2.17. The fourth-order valence-corrected chi connectivity index (χ4v) is 3.94. The van der Waals surface area contributed by atoms with Crippen LogP contribution in [0.15, 0.2) is 83.8 Å². The van der Waals surface area contributed by atoms with Gasteiger partial charge in [0, 0.05) is 6.26 Å².